The lowest BCUT2D eigenvalue weighted by Gasteiger charge is -2.35. The Morgan fingerprint density at radius 1 is 1.13 bits per heavy atom. The quantitative estimate of drug-likeness (QED) is 0.308. The highest BCUT2D eigenvalue weighted by molar-refractivity contribution is 6.11. The first-order valence-electron chi connectivity index (χ1n) is 13.3. The maximum atomic E-state index is 13.6. The normalized spacial score (nSPS) is 15.7. The van der Waals surface area contributed by atoms with Crippen LogP contribution in [0.4, 0.5) is 16.0 Å². The predicted molar refractivity (Wildman–Crippen MR) is 154 cm³/mol. The SMILES string of the molecule is CNC(=O)c1c(-c2ccc(F)cc2)oc2cc(N(C)C)c([C@@H]3CCCN(c4nc5ccccc5n4C)C3)cc12. The fourth-order valence-corrected chi connectivity index (χ4v) is 5.85. The number of anilines is 2. The third kappa shape index (κ3) is 4.30. The molecule has 6 rings (SSSR count). The topological polar surface area (TPSA) is 66.5 Å². The second kappa shape index (κ2) is 9.76. The van der Waals surface area contributed by atoms with Crippen LogP contribution in [0.15, 0.2) is 65.1 Å². The Hall–Kier alpha value is -4.33. The number of hydrogen-bond acceptors (Lipinski definition) is 5. The summed E-state index contributed by atoms with van der Waals surface area (Å²) in [6.07, 6.45) is 2.07. The van der Waals surface area contributed by atoms with Gasteiger partial charge in [0.15, 0.2) is 0 Å². The monoisotopic (exact) mass is 525 g/mol. The Morgan fingerprint density at radius 3 is 2.62 bits per heavy atom. The van der Waals surface area contributed by atoms with E-state index < -0.39 is 0 Å². The number of aromatic nitrogens is 2. The molecule has 0 spiro atoms. The van der Waals surface area contributed by atoms with Crippen LogP contribution in [0.1, 0.15) is 34.7 Å². The minimum Gasteiger partial charge on any atom is -0.455 e. The van der Waals surface area contributed by atoms with Crippen LogP contribution < -0.4 is 15.1 Å². The van der Waals surface area contributed by atoms with Crippen LogP contribution in [0.5, 0.6) is 0 Å². The molecular weight excluding hydrogens is 493 g/mol. The van der Waals surface area contributed by atoms with E-state index >= 15 is 0 Å². The van der Waals surface area contributed by atoms with Gasteiger partial charge in [0.25, 0.3) is 5.91 Å². The standard InChI is InChI=1S/C31H32FN5O2/c1-33-30(38)28-23-16-22(26(35(2)3)17-27(23)39-29(28)19-11-13-21(32)14-12-19)20-8-7-15-37(18-20)31-34-24-9-5-6-10-25(24)36(31)4/h5-6,9-14,16-17,20H,7-8,15,18H2,1-4H3,(H,33,38)/t20-/m1/s1. The molecule has 1 atom stereocenters. The largest absolute Gasteiger partial charge is 0.455 e. The van der Waals surface area contributed by atoms with Gasteiger partial charge in [-0.05, 0) is 60.9 Å². The highest BCUT2D eigenvalue weighted by Crippen LogP contribution is 2.41. The lowest BCUT2D eigenvalue weighted by Crippen LogP contribution is -2.36. The molecule has 0 radical (unpaired) electrons. The first-order valence-corrected chi connectivity index (χ1v) is 13.3. The molecule has 0 aliphatic carbocycles. The Labute approximate surface area is 226 Å². The van der Waals surface area contributed by atoms with Crippen LogP contribution in [0.2, 0.25) is 0 Å². The highest BCUT2D eigenvalue weighted by atomic mass is 19.1. The molecule has 5 aromatic rings. The predicted octanol–water partition coefficient (Wildman–Crippen LogP) is 5.94. The molecule has 200 valence electrons. The summed E-state index contributed by atoms with van der Waals surface area (Å²) < 4.78 is 22.1. The van der Waals surface area contributed by atoms with Crippen LogP contribution in [-0.4, -0.2) is 49.7 Å². The van der Waals surface area contributed by atoms with E-state index in [9.17, 15) is 9.18 Å². The van der Waals surface area contributed by atoms with Crippen LogP contribution in [-0.2, 0) is 7.05 Å². The molecule has 1 amide bonds. The summed E-state index contributed by atoms with van der Waals surface area (Å²) in [5, 5.41) is 3.52. The van der Waals surface area contributed by atoms with Gasteiger partial charge in [-0.3, -0.25) is 4.79 Å². The van der Waals surface area contributed by atoms with E-state index in [1.807, 2.05) is 32.3 Å². The van der Waals surface area contributed by atoms with E-state index in [-0.39, 0.29) is 17.6 Å². The third-order valence-electron chi connectivity index (χ3n) is 7.79. The zero-order valence-electron chi connectivity index (χ0n) is 22.7. The average Bonchev–Trinajstić information content (AvgIpc) is 3.50. The molecule has 0 bridgehead atoms. The van der Waals surface area contributed by atoms with Crippen molar-refractivity contribution >= 4 is 39.5 Å². The van der Waals surface area contributed by atoms with Crippen molar-refractivity contribution in [3.63, 3.8) is 0 Å². The van der Waals surface area contributed by atoms with Gasteiger partial charge in [-0.2, -0.15) is 0 Å². The number of fused-ring (bicyclic) bond motifs is 2. The molecule has 1 saturated heterocycles. The van der Waals surface area contributed by atoms with Crippen LogP contribution in [0, 0.1) is 5.82 Å². The summed E-state index contributed by atoms with van der Waals surface area (Å²) in [5.41, 5.74) is 6.10. The summed E-state index contributed by atoms with van der Waals surface area (Å²) in [5.74, 6) is 1.08. The molecule has 3 aromatic carbocycles. The Balaban J connectivity index is 1.46. The van der Waals surface area contributed by atoms with Gasteiger partial charge in [0.05, 0.1) is 16.6 Å². The highest BCUT2D eigenvalue weighted by Gasteiger charge is 2.29. The Morgan fingerprint density at radius 2 is 1.90 bits per heavy atom. The van der Waals surface area contributed by atoms with Crippen molar-refractivity contribution in [3.05, 3.63) is 77.6 Å². The zero-order chi connectivity index (χ0) is 27.3. The summed E-state index contributed by atoms with van der Waals surface area (Å²) in [7, 11) is 7.74. The number of rotatable bonds is 5. The van der Waals surface area contributed by atoms with Gasteiger partial charge >= 0.3 is 0 Å². The number of halogens is 1. The van der Waals surface area contributed by atoms with Crippen molar-refractivity contribution in [2.24, 2.45) is 7.05 Å². The molecule has 0 saturated carbocycles. The number of amides is 1. The Bertz CT molecular complexity index is 1690. The second-order valence-corrected chi connectivity index (χ2v) is 10.4. The maximum Gasteiger partial charge on any atom is 0.255 e. The number of carbonyl (C=O) groups is 1. The second-order valence-electron chi connectivity index (χ2n) is 10.4. The van der Waals surface area contributed by atoms with Crippen LogP contribution in [0.3, 0.4) is 0 Å². The van der Waals surface area contributed by atoms with E-state index in [2.05, 4.69) is 44.9 Å². The fraction of sp³-hybridized carbons (Fsp3) is 0.290. The molecule has 1 aliphatic rings. The molecule has 39 heavy (non-hydrogen) atoms. The van der Waals surface area contributed by atoms with Crippen LogP contribution in [0.25, 0.3) is 33.3 Å². The average molecular weight is 526 g/mol. The van der Waals surface area contributed by atoms with E-state index in [0.29, 0.717) is 22.5 Å². The number of nitrogens with zero attached hydrogens (tertiary/aromatic N) is 4. The molecule has 0 unspecified atom stereocenters. The first kappa shape index (κ1) is 25.0. The number of furan rings is 1. The van der Waals surface area contributed by atoms with Crippen molar-refractivity contribution in [2.75, 3.05) is 44.0 Å². The van der Waals surface area contributed by atoms with Gasteiger partial charge in [-0.1, -0.05) is 12.1 Å². The smallest absolute Gasteiger partial charge is 0.255 e. The minimum absolute atomic E-state index is 0.235. The molecular formula is C31H32FN5O2. The number of benzene rings is 3. The van der Waals surface area contributed by atoms with Crippen molar-refractivity contribution < 1.29 is 13.6 Å². The maximum absolute atomic E-state index is 13.6. The number of carbonyl (C=O) groups excluding carboxylic acids is 1. The van der Waals surface area contributed by atoms with Crippen molar-refractivity contribution in [1.29, 1.82) is 0 Å². The number of imidazole rings is 1. The first-order chi connectivity index (χ1) is 18.9. The van der Waals surface area contributed by atoms with Gasteiger partial charge in [-0.15, -0.1) is 0 Å². The summed E-state index contributed by atoms with van der Waals surface area (Å²) in [4.78, 5) is 22.6. The molecule has 1 fully saturated rings. The van der Waals surface area contributed by atoms with E-state index in [1.165, 1.54) is 17.7 Å². The molecule has 1 aliphatic heterocycles. The zero-order valence-corrected chi connectivity index (χ0v) is 22.7. The van der Waals surface area contributed by atoms with Gasteiger partial charge in [0, 0.05) is 69.9 Å². The van der Waals surface area contributed by atoms with E-state index in [1.54, 1.807) is 19.2 Å². The van der Waals surface area contributed by atoms with E-state index in [4.69, 9.17) is 9.40 Å². The summed E-state index contributed by atoms with van der Waals surface area (Å²) in [6.45, 7) is 1.76. The molecule has 3 heterocycles. The van der Waals surface area contributed by atoms with Crippen molar-refractivity contribution in [2.45, 2.75) is 18.8 Å². The summed E-state index contributed by atoms with van der Waals surface area (Å²) >= 11 is 0. The lowest BCUT2D eigenvalue weighted by atomic mass is 9.88. The number of nitrogens with one attached hydrogen (secondary N) is 1. The van der Waals surface area contributed by atoms with Gasteiger partial charge in [0.2, 0.25) is 5.95 Å². The number of piperidine rings is 1. The summed E-state index contributed by atoms with van der Waals surface area (Å²) in [6, 6.07) is 18.4. The van der Waals surface area contributed by atoms with Crippen molar-refractivity contribution in [3.8, 4) is 11.3 Å². The van der Waals surface area contributed by atoms with E-state index in [0.717, 1.165) is 54.0 Å². The van der Waals surface area contributed by atoms with Crippen molar-refractivity contribution in [1.82, 2.24) is 14.9 Å². The Kier molecular flexibility index (Phi) is 6.25. The molecule has 7 nitrogen and oxygen atoms in total. The molecule has 1 N–H and O–H groups in total. The number of aryl methyl sites for hydroxylation is 1. The number of para-hydroxylation sites is 2. The third-order valence-corrected chi connectivity index (χ3v) is 7.79. The lowest BCUT2D eigenvalue weighted by molar-refractivity contribution is 0.0964. The number of hydrogen-bond donors (Lipinski definition) is 1. The van der Waals surface area contributed by atoms with Crippen LogP contribution >= 0.6 is 0 Å². The fourth-order valence-electron chi connectivity index (χ4n) is 5.85. The van der Waals surface area contributed by atoms with Gasteiger partial charge in [0.1, 0.15) is 17.2 Å². The molecule has 2 aromatic heterocycles. The minimum atomic E-state index is -0.337. The van der Waals surface area contributed by atoms with Gasteiger partial charge < -0.3 is 24.1 Å². The molecule has 8 heteroatoms. The van der Waals surface area contributed by atoms with Gasteiger partial charge in [-0.25, -0.2) is 9.37 Å².